The van der Waals surface area contributed by atoms with Crippen LogP contribution >= 0.6 is 0 Å². The zero-order chi connectivity index (χ0) is 15.7. The van der Waals surface area contributed by atoms with E-state index in [0.29, 0.717) is 22.2 Å². The summed E-state index contributed by atoms with van der Waals surface area (Å²) in [5.41, 5.74) is 0.608. The van der Waals surface area contributed by atoms with Crippen molar-refractivity contribution < 1.29 is 19.0 Å². The Morgan fingerprint density at radius 1 is 1.32 bits per heavy atom. The minimum Gasteiger partial charge on any atom is -0.497 e. The van der Waals surface area contributed by atoms with Crippen LogP contribution in [-0.4, -0.2) is 29.8 Å². The standard InChI is InChI=1S/C15H14N2O5/c1-3-21-15(19)22-11-7-16-13-12(11)9-5-4-8(20-2)6-10(9)17-14(13)18/h4-7,16H,3H2,1-2H3,(H,17,18). The number of hydrogen-bond acceptors (Lipinski definition) is 5. The van der Waals surface area contributed by atoms with Crippen molar-refractivity contribution in [3.8, 4) is 11.5 Å². The number of ether oxygens (including phenoxy) is 3. The molecule has 3 aromatic rings. The third-order valence-electron chi connectivity index (χ3n) is 3.27. The fourth-order valence-electron chi connectivity index (χ4n) is 2.33. The van der Waals surface area contributed by atoms with Gasteiger partial charge in [-0.2, -0.15) is 0 Å². The highest BCUT2D eigenvalue weighted by Crippen LogP contribution is 2.31. The molecule has 3 rings (SSSR count). The molecule has 7 heteroatoms. The number of fused-ring (bicyclic) bond motifs is 3. The maximum atomic E-state index is 12.1. The van der Waals surface area contributed by atoms with Crippen molar-refractivity contribution >= 4 is 28.0 Å². The van der Waals surface area contributed by atoms with Gasteiger partial charge in [-0.25, -0.2) is 4.79 Å². The summed E-state index contributed by atoms with van der Waals surface area (Å²) >= 11 is 0. The Labute approximate surface area is 124 Å². The molecular formula is C15H14N2O5. The van der Waals surface area contributed by atoms with Gasteiger partial charge in [-0.15, -0.1) is 0 Å². The maximum absolute atomic E-state index is 12.1. The molecule has 7 nitrogen and oxygen atoms in total. The number of carbonyl (C=O) groups excluding carboxylic acids is 1. The molecule has 0 aliphatic carbocycles. The minimum atomic E-state index is -0.814. The molecule has 0 amide bonds. The highest BCUT2D eigenvalue weighted by atomic mass is 16.7. The lowest BCUT2D eigenvalue weighted by molar-refractivity contribution is 0.105. The lowest BCUT2D eigenvalue weighted by Gasteiger charge is -2.06. The van der Waals surface area contributed by atoms with Crippen LogP contribution in [0.15, 0.2) is 29.2 Å². The molecule has 0 aliphatic heterocycles. The smallest absolute Gasteiger partial charge is 0.497 e. The molecule has 0 aliphatic rings. The topological polar surface area (TPSA) is 93.4 Å². The molecule has 2 heterocycles. The summed E-state index contributed by atoms with van der Waals surface area (Å²) in [7, 11) is 1.55. The van der Waals surface area contributed by atoms with Crippen molar-refractivity contribution in [2.75, 3.05) is 13.7 Å². The van der Waals surface area contributed by atoms with Gasteiger partial charge in [0.05, 0.1) is 24.6 Å². The van der Waals surface area contributed by atoms with Gasteiger partial charge in [0.1, 0.15) is 11.3 Å². The van der Waals surface area contributed by atoms with Gasteiger partial charge in [-0.3, -0.25) is 4.79 Å². The molecule has 0 atom stereocenters. The van der Waals surface area contributed by atoms with E-state index in [1.54, 1.807) is 32.2 Å². The molecule has 2 aromatic heterocycles. The first-order valence-corrected chi connectivity index (χ1v) is 6.69. The molecule has 0 bridgehead atoms. The van der Waals surface area contributed by atoms with Gasteiger partial charge in [-0.05, 0) is 19.1 Å². The summed E-state index contributed by atoms with van der Waals surface area (Å²) < 4.78 is 15.1. The van der Waals surface area contributed by atoms with E-state index in [9.17, 15) is 9.59 Å². The molecule has 0 unspecified atom stereocenters. The molecule has 22 heavy (non-hydrogen) atoms. The lowest BCUT2D eigenvalue weighted by Crippen LogP contribution is -2.10. The molecular weight excluding hydrogens is 288 g/mol. The predicted octanol–water partition coefficient (Wildman–Crippen LogP) is 2.55. The number of aromatic nitrogens is 2. The zero-order valence-corrected chi connectivity index (χ0v) is 12.1. The molecule has 0 saturated carbocycles. The summed E-state index contributed by atoms with van der Waals surface area (Å²) in [4.78, 5) is 29.2. The van der Waals surface area contributed by atoms with Crippen molar-refractivity contribution in [3.05, 3.63) is 34.7 Å². The van der Waals surface area contributed by atoms with Gasteiger partial charge in [0.2, 0.25) is 0 Å². The highest BCUT2D eigenvalue weighted by Gasteiger charge is 2.16. The van der Waals surface area contributed by atoms with Crippen LogP contribution < -0.4 is 15.0 Å². The number of methoxy groups -OCH3 is 1. The lowest BCUT2D eigenvalue weighted by atomic mass is 10.1. The second-order valence-electron chi connectivity index (χ2n) is 4.55. The van der Waals surface area contributed by atoms with Crippen molar-refractivity contribution in [1.82, 2.24) is 9.97 Å². The summed E-state index contributed by atoms with van der Waals surface area (Å²) in [6, 6.07) is 5.26. The van der Waals surface area contributed by atoms with Crippen LogP contribution in [0.5, 0.6) is 11.5 Å². The fraction of sp³-hybridized carbons (Fsp3) is 0.200. The Balaban J connectivity index is 2.23. The van der Waals surface area contributed by atoms with Crippen molar-refractivity contribution in [1.29, 1.82) is 0 Å². The van der Waals surface area contributed by atoms with Gasteiger partial charge in [0.15, 0.2) is 5.75 Å². The molecule has 114 valence electrons. The van der Waals surface area contributed by atoms with Crippen LogP contribution in [0, 0.1) is 0 Å². The number of pyridine rings is 1. The molecule has 2 N–H and O–H groups in total. The third-order valence-corrected chi connectivity index (χ3v) is 3.27. The number of aromatic amines is 2. The van der Waals surface area contributed by atoms with E-state index in [4.69, 9.17) is 14.2 Å². The van der Waals surface area contributed by atoms with Crippen molar-refractivity contribution in [2.45, 2.75) is 6.92 Å². The molecule has 0 fully saturated rings. The van der Waals surface area contributed by atoms with E-state index >= 15 is 0 Å². The number of carbonyl (C=O) groups is 1. The zero-order valence-electron chi connectivity index (χ0n) is 12.1. The normalized spacial score (nSPS) is 10.8. The Kier molecular flexibility index (Phi) is 3.46. The molecule has 0 saturated heterocycles. The van der Waals surface area contributed by atoms with Gasteiger partial charge in [0, 0.05) is 17.6 Å². The Morgan fingerprint density at radius 3 is 2.86 bits per heavy atom. The van der Waals surface area contributed by atoms with E-state index in [0.717, 1.165) is 5.39 Å². The van der Waals surface area contributed by atoms with Crippen LogP contribution in [0.2, 0.25) is 0 Å². The predicted molar refractivity (Wildman–Crippen MR) is 80.6 cm³/mol. The second kappa shape index (κ2) is 5.44. The van der Waals surface area contributed by atoms with Crippen LogP contribution in [0.3, 0.4) is 0 Å². The quantitative estimate of drug-likeness (QED) is 0.725. The number of nitrogens with one attached hydrogen (secondary N) is 2. The molecule has 0 spiro atoms. The van der Waals surface area contributed by atoms with Gasteiger partial charge in [0.25, 0.3) is 5.56 Å². The van der Waals surface area contributed by atoms with Crippen LogP contribution in [0.1, 0.15) is 6.92 Å². The average molecular weight is 302 g/mol. The van der Waals surface area contributed by atoms with E-state index in [1.807, 2.05) is 0 Å². The number of hydrogen-bond donors (Lipinski definition) is 2. The summed E-state index contributed by atoms with van der Waals surface area (Å²) in [5, 5.41) is 1.26. The fourth-order valence-corrected chi connectivity index (χ4v) is 2.33. The largest absolute Gasteiger partial charge is 0.513 e. The van der Waals surface area contributed by atoms with Gasteiger partial charge >= 0.3 is 6.16 Å². The molecule has 1 aromatic carbocycles. The summed E-state index contributed by atoms with van der Waals surface area (Å²) in [6.45, 7) is 1.89. The summed E-state index contributed by atoms with van der Waals surface area (Å²) in [6.07, 6.45) is 0.644. The van der Waals surface area contributed by atoms with E-state index in [2.05, 4.69) is 9.97 Å². The number of rotatable bonds is 3. The van der Waals surface area contributed by atoms with E-state index < -0.39 is 6.16 Å². The number of benzene rings is 1. The van der Waals surface area contributed by atoms with E-state index in [1.165, 1.54) is 6.20 Å². The first kappa shape index (κ1) is 14.0. The van der Waals surface area contributed by atoms with Gasteiger partial charge < -0.3 is 24.2 Å². The van der Waals surface area contributed by atoms with Crippen LogP contribution in [0.25, 0.3) is 21.8 Å². The maximum Gasteiger partial charge on any atom is 0.513 e. The first-order chi connectivity index (χ1) is 10.6. The third kappa shape index (κ3) is 2.26. The van der Waals surface area contributed by atoms with Crippen LogP contribution in [0.4, 0.5) is 4.79 Å². The van der Waals surface area contributed by atoms with Gasteiger partial charge in [-0.1, -0.05) is 0 Å². The second-order valence-corrected chi connectivity index (χ2v) is 4.55. The van der Waals surface area contributed by atoms with E-state index in [-0.39, 0.29) is 17.9 Å². The van der Waals surface area contributed by atoms with Crippen molar-refractivity contribution in [3.63, 3.8) is 0 Å². The summed E-state index contributed by atoms with van der Waals surface area (Å²) in [5.74, 6) is 0.862. The van der Waals surface area contributed by atoms with Crippen LogP contribution in [-0.2, 0) is 4.74 Å². The minimum absolute atomic E-state index is 0.208. The monoisotopic (exact) mass is 302 g/mol. The SMILES string of the molecule is CCOC(=O)Oc1c[nH]c2c(=O)[nH]c3cc(OC)ccc3c12. The Hall–Kier alpha value is -2.96. The molecule has 0 radical (unpaired) electrons. The Bertz CT molecular complexity index is 909. The highest BCUT2D eigenvalue weighted by molar-refractivity contribution is 6.08. The average Bonchev–Trinajstić information content (AvgIpc) is 2.91. The number of H-pyrrole nitrogens is 2. The first-order valence-electron chi connectivity index (χ1n) is 6.69. The van der Waals surface area contributed by atoms with Crippen molar-refractivity contribution in [2.24, 2.45) is 0 Å². The Morgan fingerprint density at radius 2 is 2.14 bits per heavy atom.